The van der Waals surface area contributed by atoms with Crippen LogP contribution in [0, 0.1) is 0 Å². The Morgan fingerprint density at radius 1 is 0.577 bits per heavy atom. The number of rotatable bonds is 7. The molecule has 0 bridgehead atoms. The maximum atomic E-state index is 13.9. The first kappa shape index (κ1) is 31.6. The Labute approximate surface area is 217 Å². The van der Waals surface area contributed by atoms with Gasteiger partial charge in [0.1, 0.15) is 0 Å². The Hall–Kier alpha value is 3.42. The number of hydrogen-bond acceptors (Lipinski definition) is 2. The lowest BCUT2D eigenvalue weighted by Gasteiger charge is -2.51. The van der Waals surface area contributed by atoms with E-state index in [9.17, 15) is 9.18 Å². The molecular formula is C8H4Cl14FNO2. The van der Waals surface area contributed by atoms with Gasteiger partial charge in [0, 0.05) is 0 Å². The second kappa shape index (κ2) is 9.11. The predicted octanol–water partition coefficient (Wildman–Crippen LogP) is 8.38. The summed E-state index contributed by atoms with van der Waals surface area (Å²) in [5.41, 5.74) is 0. The zero-order valence-corrected chi connectivity index (χ0v) is 21.8. The van der Waals surface area contributed by atoms with Gasteiger partial charge in [-0.2, -0.15) is 0 Å². The van der Waals surface area contributed by atoms with E-state index in [0.29, 0.717) is 0 Å². The zero-order chi connectivity index (χ0) is 21.1. The highest BCUT2D eigenvalue weighted by atomic mass is 35.6. The SMILES string of the molecule is N.O=C(O)C(Cl)(Cl)C(Cl)(Cl)C(Cl)(Cl)C(Cl)(Cl)C(Cl)(Cl)C(Cl)(Cl)C(F)(Cl)Cl. The van der Waals surface area contributed by atoms with Crippen LogP contribution < -0.4 is 6.15 Å². The minimum Gasteiger partial charge on any atom is -0.479 e. The molecule has 0 heterocycles. The first-order valence-corrected chi connectivity index (χ1v) is 10.3. The van der Waals surface area contributed by atoms with E-state index in [2.05, 4.69) is 0 Å². The van der Waals surface area contributed by atoms with Crippen LogP contribution >= 0.6 is 162 Å². The van der Waals surface area contributed by atoms with E-state index in [1.807, 2.05) is 0 Å². The van der Waals surface area contributed by atoms with Gasteiger partial charge >= 0.3 is 5.97 Å². The lowest BCUT2D eigenvalue weighted by molar-refractivity contribution is -0.138. The molecule has 0 saturated heterocycles. The number of carboxylic acid groups (broad SMARTS) is 1. The van der Waals surface area contributed by atoms with Crippen molar-refractivity contribution in [2.75, 3.05) is 0 Å². The van der Waals surface area contributed by atoms with E-state index in [1.165, 1.54) is 0 Å². The highest BCUT2D eigenvalue weighted by Crippen LogP contribution is 2.70. The predicted molar refractivity (Wildman–Crippen MR) is 115 cm³/mol. The Balaban J connectivity index is 0. The molecule has 3 nitrogen and oxygen atoms in total. The monoisotopic (exact) mass is 655 g/mol. The first-order chi connectivity index (χ1) is 10.4. The number of carbonyl (C=O) groups is 1. The summed E-state index contributed by atoms with van der Waals surface area (Å²) in [4.78, 5) is 11.2. The van der Waals surface area contributed by atoms with Gasteiger partial charge in [0.25, 0.3) is 4.59 Å². The van der Waals surface area contributed by atoms with Crippen LogP contribution in [0.2, 0.25) is 0 Å². The standard InChI is InChI=1S/C8HCl14FO2.H3N/c9-2(10,1(24)25)3(11,12)4(13,14)5(15,16)6(17,18)7(19,20)8(21,22)23;/h(H,24,25);1H3. The van der Waals surface area contributed by atoms with E-state index in [4.69, 9.17) is 168 Å². The third-order valence-electron chi connectivity index (χ3n) is 2.60. The van der Waals surface area contributed by atoms with Crippen molar-refractivity contribution in [2.45, 2.75) is 30.6 Å². The van der Waals surface area contributed by atoms with Crippen molar-refractivity contribution in [1.29, 1.82) is 0 Å². The molecule has 0 atom stereocenters. The third kappa shape index (κ3) is 4.76. The van der Waals surface area contributed by atoms with Gasteiger partial charge in [-0.15, -0.1) is 0 Å². The van der Waals surface area contributed by atoms with E-state index in [-0.39, 0.29) is 6.15 Å². The molecule has 0 aliphatic carbocycles. The molecule has 0 saturated carbocycles. The van der Waals surface area contributed by atoms with Crippen molar-refractivity contribution in [3.8, 4) is 0 Å². The van der Waals surface area contributed by atoms with Gasteiger partial charge in [0.05, 0.1) is 0 Å². The van der Waals surface area contributed by atoms with Gasteiger partial charge in [-0.3, -0.25) is 0 Å². The smallest absolute Gasteiger partial charge is 0.343 e. The van der Waals surface area contributed by atoms with Gasteiger partial charge in [0.15, 0.2) is 17.3 Å². The fraction of sp³-hybridized carbons (Fsp3) is 0.875. The third-order valence-corrected chi connectivity index (χ3v) is 12.0. The minimum atomic E-state index is -3.59. The number of alkyl halides is 15. The average molecular weight is 661 g/mol. The van der Waals surface area contributed by atoms with Crippen molar-refractivity contribution < 1.29 is 14.3 Å². The van der Waals surface area contributed by atoms with Crippen LogP contribution in [-0.2, 0) is 4.79 Å². The molecule has 0 fully saturated rings. The second-order valence-electron chi connectivity index (χ2n) is 4.25. The summed E-state index contributed by atoms with van der Waals surface area (Å²) in [6, 6.07) is 0. The molecule has 0 unspecified atom stereocenters. The van der Waals surface area contributed by atoms with Crippen molar-refractivity contribution in [3.05, 3.63) is 0 Å². The second-order valence-corrected chi connectivity index (χ2v) is 13.4. The molecule has 4 N–H and O–H groups in total. The molecule has 0 aromatic carbocycles. The topological polar surface area (TPSA) is 72.3 Å². The van der Waals surface area contributed by atoms with Crippen LogP contribution in [0.3, 0.4) is 0 Å². The molecule has 0 aromatic heterocycles. The van der Waals surface area contributed by atoms with Gasteiger partial charge in [-0.1, -0.05) is 162 Å². The fourth-order valence-corrected chi connectivity index (χ4v) is 5.04. The molecule has 18 heteroatoms. The summed E-state index contributed by atoms with van der Waals surface area (Å²) in [7, 11) is 0. The Bertz CT molecular complexity index is 542. The molecule has 0 aliphatic rings. The van der Waals surface area contributed by atoms with Crippen LogP contribution in [0.15, 0.2) is 0 Å². The van der Waals surface area contributed by atoms with Crippen LogP contribution in [0.1, 0.15) is 0 Å². The molecule has 158 valence electrons. The summed E-state index contributed by atoms with van der Waals surface area (Å²) in [6.45, 7) is 0. The average Bonchev–Trinajstić information content (AvgIpc) is 2.35. The van der Waals surface area contributed by atoms with Crippen molar-refractivity contribution in [1.82, 2.24) is 6.15 Å². The number of hydrogen-bond donors (Lipinski definition) is 2. The van der Waals surface area contributed by atoms with E-state index < -0.39 is 36.6 Å². The molecule has 0 amide bonds. The Morgan fingerprint density at radius 2 is 0.808 bits per heavy atom. The number of carboxylic acids is 1. The molecule has 0 aliphatic heterocycles. The highest BCUT2D eigenvalue weighted by molar-refractivity contribution is 6.80. The lowest BCUT2D eigenvalue weighted by atomic mass is 10.0. The Morgan fingerprint density at radius 3 is 1.04 bits per heavy atom. The van der Waals surface area contributed by atoms with Gasteiger partial charge < -0.3 is 11.3 Å². The van der Waals surface area contributed by atoms with Crippen LogP contribution in [0.25, 0.3) is 0 Å². The summed E-state index contributed by atoms with van der Waals surface area (Å²) >= 11 is 79.6. The van der Waals surface area contributed by atoms with Gasteiger partial charge in [0.2, 0.25) is 8.67 Å². The number of halogens is 15. The number of aliphatic carboxylic acids is 1. The van der Waals surface area contributed by atoms with Gasteiger partial charge in [-0.05, 0) is 0 Å². The normalized spacial score (nSPS) is 15.5. The van der Waals surface area contributed by atoms with Crippen LogP contribution in [-0.4, -0.2) is 41.7 Å². The molecule has 0 spiro atoms. The van der Waals surface area contributed by atoms with E-state index >= 15 is 0 Å². The highest BCUT2D eigenvalue weighted by Gasteiger charge is 2.80. The van der Waals surface area contributed by atoms with Crippen molar-refractivity contribution >= 4 is 168 Å². The van der Waals surface area contributed by atoms with Gasteiger partial charge in [-0.25, -0.2) is 9.18 Å². The summed E-state index contributed by atoms with van der Waals surface area (Å²) < 4.78 is -8.80. The van der Waals surface area contributed by atoms with Crippen molar-refractivity contribution in [2.24, 2.45) is 0 Å². The molecule has 0 aromatic rings. The van der Waals surface area contributed by atoms with E-state index in [0.717, 1.165) is 0 Å². The summed E-state index contributed by atoms with van der Waals surface area (Å²) in [5.74, 6) is -2.03. The largest absolute Gasteiger partial charge is 0.479 e. The maximum absolute atomic E-state index is 13.9. The molecule has 0 rings (SSSR count). The summed E-state index contributed by atoms with van der Waals surface area (Å²) in [6.07, 6.45) is 0. The maximum Gasteiger partial charge on any atom is 0.343 e. The minimum absolute atomic E-state index is 0. The fourth-order valence-electron chi connectivity index (χ4n) is 1.10. The van der Waals surface area contributed by atoms with Crippen molar-refractivity contribution in [3.63, 3.8) is 0 Å². The molecular weight excluding hydrogens is 657 g/mol. The Kier molecular flexibility index (Phi) is 11.1. The van der Waals surface area contributed by atoms with Crippen LogP contribution in [0.5, 0.6) is 0 Å². The van der Waals surface area contributed by atoms with Crippen LogP contribution in [0.4, 0.5) is 4.39 Å². The lowest BCUT2D eigenvalue weighted by Crippen LogP contribution is -2.69. The summed E-state index contributed by atoms with van der Waals surface area (Å²) in [5, 5.41) is 9.04. The molecule has 26 heavy (non-hydrogen) atoms. The first-order valence-electron chi connectivity index (χ1n) is 5.01. The molecule has 0 radical (unpaired) electrons. The van der Waals surface area contributed by atoms with E-state index in [1.54, 1.807) is 0 Å². The quantitative estimate of drug-likeness (QED) is 0.270. The zero-order valence-electron chi connectivity index (χ0n) is 11.2.